The summed E-state index contributed by atoms with van der Waals surface area (Å²) in [4.78, 5) is 11.4. The second-order valence-electron chi connectivity index (χ2n) is 5.59. The Bertz CT molecular complexity index is 202. The first-order valence-corrected chi connectivity index (χ1v) is 6.32. The normalized spacial score (nSPS) is 15.5. The highest BCUT2D eigenvalue weighted by atomic mass is 16.1. The molecule has 3 nitrogen and oxygen atoms in total. The van der Waals surface area contributed by atoms with Crippen LogP contribution in [0, 0.1) is 11.8 Å². The van der Waals surface area contributed by atoms with Crippen LogP contribution in [0.5, 0.6) is 0 Å². The molecule has 0 aliphatic carbocycles. The summed E-state index contributed by atoms with van der Waals surface area (Å²) in [5, 5.41) is 3.28. The summed E-state index contributed by atoms with van der Waals surface area (Å²) in [7, 11) is 0. The smallest absolute Gasteiger partial charge is 0.146 e. The lowest BCUT2D eigenvalue weighted by Gasteiger charge is -2.21. The first kappa shape index (κ1) is 15.6. The molecule has 0 fully saturated rings. The van der Waals surface area contributed by atoms with Crippen molar-refractivity contribution in [2.45, 2.75) is 59.5 Å². The molecule has 0 aromatic rings. The number of Topliss-reactive ketones (excluding diaryl/α,β-unsaturated/α-hetero) is 1. The number of hydrogen-bond acceptors (Lipinski definition) is 3. The van der Waals surface area contributed by atoms with Gasteiger partial charge >= 0.3 is 0 Å². The molecule has 16 heavy (non-hydrogen) atoms. The molecule has 0 rings (SSSR count). The van der Waals surface area contributed by atoms with E-state index >= 15 is 0 Å². The van der Waals surface area contributed by atoms with Gasteiger partial charge in [-0.2, -0.15) is 0 Å². The van der Waals surface area contributed by atoms with Crippen LogP contribution in [0.3, 0.4) is 0 Å². The Labute approximate surface area is 100 Å². The molecule has 3 N–H and O–H groups in total. The van der Waals surface area contributed by atoms with Crippen molar-refractivity contribution in [2.24, 2.45) is 17.6 Å². The Morgan fingerprint density at radius 1 is 1.12 bits per heavy atom. The van der Waals surface area contributed by atoms with E-state index in [-0.39, 0.29) is 17.9 Å². The summed E-state index contributed by atoms with van der Waals surface area (Å²) in [5.74, 6) is 1.35. The molecular formula is C13H28N2O. The SMILES string of the molecule is CC(=O)C(CC(C)C)NC[C@@H](N)CC(C)C. The van der Waals surface area contributed by atoms with E-state index in [4.69, 9.17) is 5.73 Å². The summed E-state index contributed by atoms with van der Waals surface area (Å²) in [6.45, 7) is 11.0. The van der Waals surface area contributed by atoms with E-state index in [2.05, 4.69) is 33.0 Å². The van der Waals surface area contributed by atoms with Crippen LogP contribution in [0.1, 0.15) is 47.5 Å². The highest BCUT2D eigenvalue weighted by Gasteiger charge is 2.16. The second-order valence-corrected chi connectivity index (χ2v) is 5.59. The third-order valence-electron chi connectivity index (χ3n) is 2.60. The third-order valence-corrected chi connectivity index (χ3v) is 2.60. The molecule has 3 heteroatoms. The molecule has 0 heterocycles. The van der Waals surface area contributed by atoms with Crippen molar-refractivity contribution >= 4 is 5.78 Å². The van der Waals surface area contributed by atoms with Crippen LogP contribution < -0.4 is 11.1 Å². The number of hydrogen-bond donors (Lipinski definition) is 2. The highest BCUT2D eigenvalue weighted by Crippen LogP contribution is 2.07. The molecule has 1 unspecified atom stereocenters. The molecule has 0 radical (unpaired) electrons. The van der Waals surface area contributed by atoms with Gasteiger partial charge in [0.25, 0.3) is 0 Å². The summed E-state index contributed by atoms with van der Waals surface area (Å²) < 4.78 is 0. The van der Waals surface area contributed by atoms with Gasteiger partial charge in [-0.3, -0.25) is 4.79 Å². The van der Waals surface area contributed by atoms with Gasteiger partial charge < -0.3 is 11.1 Å². The van der Waals surface area contributed by atoms with Crippen molar-refractivity contribution in [1.82, 2.24) is 5.32 Å². The molecule has 0 saturated heterocycles. The van der Waals surface area contributed by atoms with E-state index in [1.165, 1.54) is 0 Å². The zero-order valence-electron chi connectivity index (χ0n) is 11.4. The predicted octanol–water partition coefficient (Wildman–Crippen LogP) is 1.95. The topological polar surface area (TPSA) is 55.1 Å². The van der Waals surface area contributed by atoms with Crippen LogP contribution in [0.25, 0.3) is 0 Å². The lowest BCUT2D eigenvalue weighted by molar-refractivity contribution is -0.119. The van der Waals surface area contributed by atoms with Gasteiger partial charge in [-0.05, 0) is 31.6 Å². The predicted molar refractivity (Wildman–Crippen MR) is 69.4 cm³/mol. The number of carbonyl (C=O) groups is 1. The van der Waals surface area contributed by atoms with Crippen LogP contribution in [0.15, 0.2) is 0 Å². The number of nitrogens with one attached hydrogen (secondary N) is 1. The fourth-order valence-corrected chi connectivity index (χ4v) is 1.85. The molecule has 0 spiro atoms. The van der Waals surface area contributed by atoms with Crippen molar-refractivity contribution in [2.75, 3.05) is 6.54 Å². The first-order chi connectivity index (χ1) is 7.32. The number of nitrogens with two attached hydrogens (primary N) is 1. The Kier molecular flexibility index (Phi) is 7.60. The molecule has 0 bridgehead atoms. The first-order valence-electron chi connectivity index (χ1n) is 6.32. The fourth-order valence-electron chi connectivity index (χ4n) is 1.85. The zero-order valence-corrected chi connectivity index (χ0v) is 11.4. The summed E-state index contributed by atoms with van der Waals surface area (Å²) >= 11 is 0. The minimum atomic E-state index is -0.0294. The number of ketones is 1. The average Bonchev–Trinajstić information content (AvgIpc) is 2.09. The molecule has 0 saturated carbocycles. The van der Waals surface area contributed by atoms with Crippen molar-refractivity contribution < 1.29 is 4.79 Å². The largest absolute Gasteiger partial charge is 0.327 e. The second kappa shape index (κ2) is 7.80. The standard InChI is InChI=1S/C13H28N2O/c1-9(2)6-12(14)8-15-13(11(5)16)7-10(3)4/h9-10,12-13,15H,6-8,14H2,1-5H3/t12-,13?/m0/s1. The van der Waals surface area contributed by atoms with Gasteiger partial charge in [0.2, 0.25) is 0 Å². The Morgan fingerprint density at radius 2 is 1.62 bits per heavy atom. The third kappa shape index (κ3) is 7.83. The lowest BCUT2D eigenvalue weighted by Crippen LogP contribution is -2.43. The van der Waals surface area contributed by atoms with Gasteiger partial charge in [0, 0.05) is 12.6 Å². The van der Waals surface area contributed by atoms with Crippen LogP contribution >= 0.6 is 0 Å². The van der Waals surface area contributed by atoms with Crippen LogP contribution in [0.2, 0.25) is 0 Å². The van der Waals surface area contributed by atoms with Crippen LogP contribution in [-0.2, 0) is 4.79 Å². The van der Waals surface area contributed by atoms with Gasteiger partial charge in [0.15, 0.2) is 0 Å². The molecular weight excluding hydrogens is 200 g/mol. The lowest BCUT2D eigenvalue weighted by atomic mass is 9.99. The van der Waals surface area contributed by atoms with Gasteiger partial charge in [0.05, 0.1) is 6.04 Å². The minimum Gasteiger partial charge on any atom is -0.327 e. The van der Waals surface area contributed by atoms with E-state index in [9.17, 15) is 4.79 Å². The van der Waals surface area contributed by atoms with Gasteiger partial charge in [0.1, 0.15) is 5.78 Å². The van der Waals surface area contributed by atoms with Crippen molar-refractivity contribution in [3.05, 3.63) is 0 Å². The summed E-state index contributed by atoms with van der Waals surface area (Å²) in [6, 6.07) is 0.118. The zero-order chi connectivity index (χ0) is 12.7. The Balaban J connectivity index is 3.97. The molecule has 0 aromatic carbocycles. The molecule has 0 aliphatic heterocycles. The Morgan fingerprint density at radius 3 is 2.00 bits per heavy atom. The van der Waals surface area contributed by atoms with Crippen LogP contribution in [-0.4, -0.2) is 24.4 Å². The molecule has 2 atom stereocenters. The highest BCUT2D eigenvalue weighted by molar-refractivity contribution is 5.81. The average molecular weight is 228 g/mol. The molecule has 0 aliphatic rings. The summed E-state index contributed by atoms with van der Waals surface area (Å²) in [5.41, 5.74) is 5.98. The minimum absolute atomic E-state index is 0.0294. The Hall–Kier alpha value is -0.410. The molecule has 96 valence electrons. The number of rotatable bonds is 8. The van der Waals surface area contributed by atoms with E-state index in [0.29, 0.717) is 11.8 Å². The van der Waals surface area contributed by atoms with E-state index < -0.39 is 0 Å². The van der Waals surface area contributed by atoms with Gasteiger partial charge in [-0.1, -0.05) is 27.7 Å². The van der Waals surface area contributed by atoms with Gasteiger partial charge in [-0.25, -0.2) is 0 Å². The van der Waals surface area contributed by atoms with E-state index in [0.717, 1.165) is 19.4 Å². The van der Waals surface area contributed by atoms with Crippen molar-refractivity contribution in [3.63, 3.8) is 0 Å². The fraction of sp³-hybridized carbons (Fsp3) is 0.923. The van der Waals surface area contributed by atoms with E-state index in [1.807, 2.05) is 0 Å². The van der Waals surface area contributed by atoms with Crippen LogP contribution in [0.4, 0.5) is 0 Å². The summed E-state index contributed by atoms with van der Waals surface area (Å²) in [6.07, 6.45) is 1.89. The van der Waals surface area contributed by atoms with E-state index in [1.54, 1.807) is 6.92 Å². The number of carbonyl (C=O) groups excluding carboxylic acids is 1. The quantitative estimate of drug-likeness (QED) is 0.667. The maximum atomic E-state index is 11.4. The van der Waals surface area contributed by atoms with Gasteiger partial charge in [-0.15, -0.1) is 0 Å². The molecule has 0 amide bonds. The maximum absolute atomic E-state index is 11.4. The van der Waals surface area contributed by atoms with Crippen molar-refractivity contribution in [1.29, 1.82) is 0 Å². The molecule has 0 aromatic heterocycles. The van der Waals surface area contributed by atoms with Crippen molar-refractivity contribution in [3.8, 4) is 0 Å². The maximum Gasteiger partial charge on any atom is 0.146 e. The monoisotopic (exact) mass is 228 g/mol.